The average molecular weight is 375 g/mol. The molecular formula is C19H13N5O4. The Hall–Kier alpha value is -4.14. The Labute approximate surface area is 158 Å². The summed E-state index contributed by atoms with van der Waals surface area (Å²) in [4.78, 5) is 28.4. The molecule has 2 heterocycles. The van der Waals surface area contributed by atoms with Crippen LogP contribution in [0.25, 0.3) is 22.3 Å². The second-order valence-electron chi connectivity index (χ2n) is 5.84. The number of esters is 1. The molecule has 2 aromatic heterocycles. The van der Waals surface area contributed by atoms with E-state index in [0.29, 0.717) is 11.1 Å². The van der Waals surface area contributed by atoms with Crippen LogP contribution in [0.3, 0.4) is 0 Å². The van der Waals surface area contributed by atoms with Crippen LogP contribution in [0.1, 0.15) is 10.5 Å². The third-order valence-electron chi connectivity index (χ3n) is 3.84. The minimum atomic E-state index is -1.07. The largest absolute Gasteiger partial charge is 0.480 e. The summed E-state index contributed by atoms with van der Waals surface area (Å²) in [5.41, 5.74) is 1.42. The van der Waals surface area contributed by atoms with Gasteiger partial charge in [0.1, 0.15) is 11.4 Å². The van der Waals surface area contributed by atoms with E-state index >= 15 is 0 Å². The summed E-state index contributed by atoms with van der Waals surface area (Å²) in [6.07, 6.45) is 0. The molecule has 0 fully saturated rings. The summed E-state index contributed by atoms with van der Waals surface area (Å²) in [7, 11) is 0. The first-order valence-electron chi connectivity index (χ1n) is 8.26. The monoisotopic (exact) mass is 375 g/mol. The first-order valence-corrected chi connectivity index (χ1v) is 8.26. The van der Waals surface area contributed by atoms with Crippen LogP contribution in [-0.2, 0) is 11.3 Å². The van der Waals surface area contributed by atoms with Crippen LogP contribution in [0.5, 0.6) is 5.75 Å². The van der Waals surface area contributed by atoms with Gasteiger partial charge in [0.2, 0.25) is 5.82 Å². The zero-order valence-electron chi connectivity index (χ0n) is 14.4. The molecule has 0 aliphatic rings. The minimum absolute atomic E-state index is 0.189. The zero-order chi connectivity index (χ0) is 19.5. The lowest BCUT2D eigenvalue weighted by molar-refractivity contribution is -0.138. The van der Waals surface area contributed by atoms with Gasteiger partial charge >= 0.3 is 11.9 Å². The number of carboxylic acid groups (broad SMARTS) is 1. The molecule has 0 spiro atoms. The number of pyridine rings is 1. The molecule has 4 rings (SSSR count). The normalized spacial score (nSPS) is 10.7. The number of aromatic nitrogens is 5. The molecule has 1 N–H and O–H groups in total. The molecule has 0 aliphatic heterocycles. The zero-order valence-corrected chi connectivity index (χ0v) is 14.4. The van der Waals surface area contributed by atoms with E-state index < -0.39 is 18.5 Å². The fourth-order valence-electron chi connectivity index (χ4n) is 2.58. The number of hydrogen-bond acceptors (Lipinski definition) is 7. The Balaban J connectivity index is 1.54. The lowest BCUT2D eigenvalue weighted by Gasteiger charge is -2.05. The number of ether oxygens (including phenoxy) is 1. The van der Waals surface area contributed by atoms with Gasteiger partial charge in [0.05, 0.1) is 5.52 Å². The standard InChI is InChI=1S/C19H13N5O4/c25-17(26)11-24-22-18(21-23-24)13-5-3-6-14(10-13)28-19(27)16-9-8-12-4-1-2-7-15(12)20-16/h1-10H,11H2,(H,25,26). The van der Waals surface area contributed by atoms with Crippen LogP contribution in [0.4, 0.5) is 0 Å². The van der Waals surface area contributed by atoms with E-state index in [2.05, 4.69) is 20.4 Å². The van der Waals surface area contributed by atoms with Gasteiger partial charge in [-0.05, 0) is 29.5 Å². The van der Waals surface area contributed by atoms with Crippen molar-refractivity contribution in [1.29, 1.82) is 0 Å². The maximum atomic E-state index is 12.4. The van der Waals surface area contributed by atoms with Gasteiger partial charge in [-0.15, -0.1) is 10.2 Å². The molecule has 0 saturated heterocycles. The van der Waals surface area contributed by atoms with Crippen LogP contribution >= 0.6 is 0 Å². The van der Waals surface area contributed by atoms with E-state index in [4.69, 9.17) is 9.84 Å². The van der Waals surface area contributed by atoms with Gasteiger partial charge in [-0.25, -0.2) is 9.78 Å². The number of aliphatic carboxylic acids is 1. The topological polar surface area (TPSA) is 120 Å². The summed E-state index contributed by atoms with van der Waals surface area (Å²) >= 11 is 0. The quantitative estimate of drug-likeness (QED) is 0.416. The molecule has 138 valence electrons. The lowest BCUT2D eigenvalue weighted by atomic mass is 10.2. The van der Waals surface area contributed by atoms with Crippen LogP contribution in [-0.4, -0.2) is 42.2 Å². The SMILES string of the molecule is O=C(O)Cn1nnc(-c2cccc(OC(=O)c3ccc4ccccc4n3)c2)n1. The van der Waals surface area contributed by atoms with Gasteiger partial charge in [0, 0.05) is 10.9 Å². The number of carbonyl (C=O) groups excluding carboxylic acids is 1. The molecule has 0 amide bonds. The van der Waals surface area contributed by atoms with Gasteiger partial charge in [0.15, 0.2) is 6.54 Å². The maximum Gasteiger partial charge on any atom is 0.362 e. The van der Waals surface area contributed by atoms with Crippen molar-refractivity contribution in [2.45, 2.75) is 6.54 Å². The Kier molecular flexibility index (Phi) is 4.47. The predicted octanol–water partition coefficient (Wildman–Crippen LogP) is 2.19. The number of hydrogen-bond donors (Lipinski definition) is 1. The second-order valence-corrected chi connectivity index (χ2v) is 5.84. The van der Waals surface area contributed by atoms with Crippen molar-refractivity contribution >= 4 is 22.8 Å². The first-order chi connectivity index (χ1) is 13.6. The van der Waals surface area contributed by atoms with Gasteiger partial charge in [-0.1, -0.05) is 36.4 Å². The van der Waals surface area contributed by atoms with Crippen molar-refractivity contribution < 1.29 is 19.4 Å². The first kappa shape index (κ1) is 17.3. The third-order valence-corrected chi connectivity index (χ3v) is 3.84. The molecule has 0 saturated carbocycles. The Morgan fingerprint density at radius 1 is 1.04 bits per heavy atom. The van der Waals surface area contributed by atoms with Crippen molar-refractivity contribution in [3.05, 3.63) is 66.4 Å². The van der Waals surface area contributed by atoms with E-state index in [9.17, 15) is 9.59 Å². The summed E-state index contributed by atoms with van der Waals surface area (Å²) in [5.74, 6) is -1.16. The van der Waals surface area contributed by atoms with Crippen molar-refractivity contribution in [3.8, 4) is 17.1 Å². The molecule has 0 aliphatic carbocycles. The van der Waals surface area contributed by atoms with Crippen molar-refractivity contribution in [3.63, 3.8) is 0 Å². The van der Waals surface area contributed by atoms with Gasteiger partial charge in [-0.3, -0.25) is 4.79 Å². The Morgan fingerprint density at radius 2 is 1.89 bits per heavy atom. The molecule has 4 aromatic rings. The molecule has 0 atom stereocenters. The third kappa shape index (κ3) is 3.68. The molecule has 0 radical (unpaired) electrons. The fraction of sp³-hybridized carbons (Fsp3) is 0.0526. The molecule has 2 aromatic carbocycles. The van der Waals surface area contributed by atoms with Crippen molar-refractivity contribution in [2.75, 3.05) is 0 Å². The fourth-order valence-corrected chi connectivity index (χ4v) is 2.58. The van der Waals surface area contributed by atoms with Crippen molar-refractivity contribution in [2.24, 2.45) is 0 Å². The van der Waals surface area contributed by atoms with E-state index in [1.165, 1.54) is 0 Å². The molecule has 0 bridgehead atoms. The molecule has 9 nitrogen and oxygen atoms in total. The van der Waals surface area contributed by atoms with Crippen LogP contribution in [0, 0.1) is 0 Å². The number of carbonyl (C=O) groups is 2. The summed E-state index contributed by atoms with van der Waals surface area (Å²) < 4.78 is 5.40. The number of carboxylic acids is 1. The second kappa shape index (κ2) is 7.23. The van der Waals surface area contributed by atoms with Gasteiger partial charge in [-0.2, -0.15) is 4.80 Å². The molecule has 28 heavy (non-hydrogen) atoms. The van der Waals surface area contributed by atoms with Crippen LogP contribution in [0.15, 0.2) is 60.7 Å². The number of nitrogens with zero attached hydrogens (tertiary/aromatic N) is 5. The smallest absolute Gasteiger partial charge is 0.362 e. The molecule has 0 unspecified atom stereocenters. The highest BCUT2D eigenvalue weighted by atomic mass is 16.5. The lowest BCUT2D eigenvalue weighted by Crippen LogP contribution is -2.11. The van der Waals surface area contributed by atoms with Crippen LogP contribution < -0.4 is 4.74 Å². The Bertz CT molecular complexity index is 1190. The number of tetrazole rings is 1. The number of rotatable bonds is 5. The summed E-state index contributed by atoms with van der Waals surface area (Å²) in [6.45, 7) is -0.394. The van der Waals surface area contributed by atoms with Crippen molar-refractivity contribution in [1.82, 2.24) is 25.2 Å². The number of fused-ring (bicyclic) bond motifs is 1. The van der Waals surface area contributed by atoms with Gasteiger partial charge < -0.3 is 9.84 Å². The number of para-hydroxylation sites is 1. The minimum Gasteiger partial charge on any atom is -0.480 e. The Morgan fingerprint density at radius 3 is 2.75 bits per heavy atom. The van der Waals surface area contributed by atoms with E-state index in [1.54, 1.807) is 36.4 Å². The van der Waals surface area contributed by atoms with E-state index in [0.717, 1.165) is 10.2 Å². The van der Waals surface area contributed by atoms with E-state index in [1.807, 2.05) is 24.3 Å². The van der Waals surface area contributed by atoms with Crippen LogP contribution in [0.2, 0.25) is 0 Å². The maximum absolute atomic E-state index is 12.4. The average Bonchev–Trinajstić information content (AvgIpc) is 3.15. The highest BCUT2D eigenvalue weighted by Crippen LogP contribution is 2.21. The molecular weight excluding hydrogens is 362 g/mol. The predicted molar refractivity (Wildman–Crippen MR) is 97.6 cm³/mol. The summed E-state index contributed by atoms with van der Waals surface area (Å²) in [5, 5.41) is 21.2. The highest BCUT2D eigenvalue weighted by Gasteiger charge is 2.13. The highest BCUT2D eigenvalue weighted by molar-refractivity contribution is 5.92. The summed E-state index contributed by atoms with van der Waals surface area (Å²) in [6, 6.07) is 17.4. The molecule has 9 heteroatoms. The van der Waals surface area contributed by atoms with Gasteiger partial charge in [0.25, 0.3) is 0 Å². The van der Waals surface area contributed by atoms with E-state index in [-0.39, 0.29) is 17.3 Å². The number of benzene rings is 2.